The van der Waals surface area contributed by atoms with E-state index in [1.165, 1.54) is 0 Å². The van der Waals surface area contributed by atoms with Crippen molar-refractivity contribution in [1.82, 2.24) is 15.1 Å². The number of benzene rings is 1. The van der Waals surface area contributed by atoms with Crippen molar-refractivity contribution in [2.24, 2.45) is 0 Å². The Morgan fingerprint density at radius 2 is 1.73 bits per heavy atom. The van der Waals surface area contributed by atoms with Gasteiger partial charge in [0.1, 0.15) is 12.1 Å². The van der Waals surface area contributed by atoms with Crippen LogP contribution in [0.5, 0.6) is 0 Å². The fourth-order valence-electron chi connectivity index (χ4n) is 3.43. The van der Waals surface area contributed by atoms with Crippen molar-refractivity contribution in [3.8, 4) is 0 Å². The number of urea groups is 1. The largest absolute Gasteiger partial charge is 0.454 e. The molecule has 30 heavy (non-hydrogen) atoms. The maximum Gasteiger partial charge on any atom is 0.326 e. The van der Waals surface area contributed by atoms with Gasteiger partial charge in [0.2, 0.25) is 0 Å². The highest BCUT2D eigenvalue weighted by molar-refractivity contribution is 6.08. The molecular formula is C22H31N3O5. The summed E-state index contributed by atoms with van der Waals surface area (Å²) in [5, 5.41) is 2.66. The minimum atomic E-state index is -0.973. The van der Waals surface area contributed by atoms with Crippen molar-refractivity contribution < 1.29 is 23.9 Å². The summed E-state index contributed by atoms with van der Waals surface area (Å²) in [6.07, 6.45) is 1.64. The summed E-state index contributed by atoms with van der Waals surface area (Å²) in [6, 6.07) is 7.27. The second kappa shape index (κ2) is 10.2. The molecular weight excluding hydrogens is 386 g/mol. The van der Waals surface area contributed by atoms with Crippen LogP contribution < -0.4 is 5.32 Å². The molecule has 0 saturated carbocycles. The van der Waals surface area contributed by atoms with Crippen molar-refractivity contribution in [1.29, 1.82) is 0 Å². The molecule has 2 rings (SSSR count). The minimum Gasteiger partial charge on any atom is -0.454 e. The highest BCUT2D eigenvalue weighted by Crippen LogP contribution is 2.24. The van der Waals surface area contributed by atoms with E-state index in [0.717, 1.165) is 22.4 Å². The van der Waals surface area contributed by atoms with Crippen LogP contribution in [0.4, 0.5) is 4.79 Å². The Labute approximate surface area is 177 Å². The van der Waals surface area contributed by atoms with Crippen LogP contribution in [0.3, 0.4) is 0 Å². The van der Waals surface area contributed by atoms with E-state index in [1.54, 1.807) is 18.7 Å². The second-order valence-electron chi connectivity index (χ2n) is 7.57. The molecule has 8 nitrogen and oxygen atoms in total. The fourth-order valence-corrected chi connectivity index (χ4v) is 3.43. The van der Waals surface area contributed by atoms with Gasteiger partial charge in [-0.05, 0) is 31.7 Å². The Bertz CT molecular complexity index is 786. The van der Waals surface area contributed by atoms with Crippen LogP contribution in [0.1, 0.15) is 51.2 Å². The summed E-state index contributed by atoms with van der Waals surface area (Å²) in [6.45, 7) is 7.59. The molecule has 8 heteroatoms. The van der Waals surface area contributed by atoms with Crippen LogP contribution in [-0.2, 0) is 25.7 Å². The number of aryl methyl sites for hydroxylation is 1. The summed E-state index contributed by atoms with van der Waals surface area (Å²) in [5.74, 6) is -1.55. The van der Waals surface area contributed by atoms with Crippen molar-refractivity contribution in [3.05, 3.63) is 35.4 Å². The lowest BCUT2D eigenvalue weighted by molar-refractivity contribution is -0.154. The summed E-state index contributed by atoms with van der Waals surface area (Å²) >= 11 is 0. The SMILES string of the molecule is CCCN(Cc1ccc(C)cc1)C(=O)COC(=O)CN1C(=O)NC(CC)(CC)C1=O. The van der Waals surface area contributed by atoms with Crippen LogP contribution >= 0.6 is 0 Å². The van der Waals surface area contributed by atoms with Gasteiger partial charge in [0, 0.05) is 13.1 Å². The standard InChI is InChI=1S/C22H31N3O5/c1-5-12-24(13-17-10-8-16(4)9-11-17)18(26)15-30-19(27)14-25-20(28)22(6-2,7-3)23-21(25)29/h8-11H,5-7,12-15H2,1-4H3,(H,23,29). The number of carbonyl (C=O) groups is 4. The normalized spacial score (nSPS) is 15.1. The maximum absolute atomic E-state index is 12.6. The summed E-state index contributed by atoms with van der Waals surface area (Å²) in [7, 11) is 0. The molecule has 4 amide bonds. The van der Waals surface area contributed by atoms with E-state index in [0.29, 0.717) is 25.9 Å². The molecule has 0 radical (unpaired) electrons. The summed E-state index contributed by atoms with van der Waals surface area (Å²) in [5.41, 5.74) is 1.15. The number of hydrogen-bond donors (Lipinski definition) is 1. The Hall–Kier alpha value is -2.90. The molecule has 1 aliphatic rings. The zero-order chi connectivity index (χ0) is 22.3. The van der Waals surface area contributed by atoms with Gasteiger partial charge < -0.3 is 15.0 Å². The smallest absolute Gasteiger partial charge is 0.326 e. The lowest BCUT2D eigenvalue weighted by atomic mass is 9.93. The van der Waals surface area contributed by atoms with E-state index in [9.17, 15) is 19.2 Å². The number of nitrogens with zero attached hydrogens (tertiary/aromatic N) is 2. The second-order valence-corrected chi connectivity index (χ2v) is 7.57. The predicted octanol–water partition coefficient (Wildman–Crippen LogP) is 2.39. The average Bonchev–Trinajstić information content (AvgIpc) is 2.97. The molecule has 164 valence electrons. The van der Waals surface area contributed by atoms with Gasteiger partial charge in [-0.1, -0.05) is 50.6 Å². The van der Waals surface area contributed by atoms with Crippen LogP contribution in [0.25, 0.3) is 0 Å². The Kier molecular flexibility index (Phi) is 7.97. The van der Waals surface area contributed by atoms with E-state index in [2.05, 4.69) is 5.32 Å². The number of imide groups is 1. The van der Waals surface area contributed by atoms with Crippen LogP contribution in [-0.4, -0.2) is 58.8 Å². The Morgan fingerprint density at radius 1 is 1.10 bits per heavy atom. The number of carbonyl (C=O) groups excluding carboxylic acids is 4. The molecule has 0 spiro atoms. The number of ether oxygens (including phenoxy) is 1. The first-order valence-corrected chi connectivity index (χ1v) is 10.4. The first-order valence-electron chi connectivity index (χ1n) is 10.4. The van der Waals surface area contributed by atoms with Gasteiger partial charge in [-0.15, -0.1) is 0 Å². The third-order valence-electron chi connectivity index (χ3n) is 5.44. The minimum absolute atomic E-state index is 0.320. The third kappa shape index (κ3) is 5.37. The molecule has 1 aromatic rings. The van der Waals surface area contributed by atoms with Crippen molar-refractivity contribution >= 4 is 23.8 Å². The zero-order valence-electron chi connectivity index (χ0n) is 18.2. The van der Waals surface area contributed by atoms with Crippen LogP contribution in [0, 0.1) is 6.92 Å². The predicted molar refractivity (Wildman–Crippen MR) is 111 cm³/mol. The van der Waals surface area contributed by atoms with E-state index in [1.807, 2.05) is 38.1 Å². The van der Waals surface area contributed by atoms with Gasteiger partial charge in [-0.25, -0.2) is 4.79 Å². The number of rotatable bonds is 10. The number of nitrogens with one attached hydrogen (secondary N) is 1. The maximum atomic E-state index is 12.6. The number of esters is 1. The molecule has 1 N–H and O–H groups in total. The number of amides is 4. The van der Waals surface area contributed by atoms with E-state index >= 15 is 0 Å². The molecule has 1 aliphatic heterocycles. The first kappa shape index (κ1) is 23.4. The molecule has 0 unspecified atom stereocenters. The molecule has 0 bridgehead atoms. The van der Waals surface area contributed by atoms with Gasteiger partial charge >= 0.3 is 12.0 Å². The summed E-state index contributed by atoms with van der Waals surface area (Å²) in [4.78, 5) is 51.9. The molecule has 1 fully saturated rings. The Balaban J connectivity index is 1.92. The van der Waals surface area contributed by atoms with E-state index in [-0.39, 0.29) is 5.91 Å². The third-order valence-corrected chi connectivity index (χ3v) is 5.44. The van der Waals surface area contributed by atoms with Gasteiger partial charge in [0.25, 0.3) is 11.8 Å². The Morgan fingerprint density at radius 3 is 2.27 bits per heavy atom. The van der Waals surface area contributed by atoms with E-state index < -0.39 is 36.6 Å². The highest BCUT2D eigenvalue weighted by atomic mass is 16.5. The lowest BCUT2D eigenvalue weighted by Gasteiger charge is -2.23. The number of hydrogen-bond acceptors (Lipinski definition) is 5. The van der Waals surface area contributed by atoms with Crippen LogP contribution in [0.15, 0.2) is 24.3 Å². The monoisotopic (exact) mass is 417 g/mol. The van der Waals surface area contributed by atoms with E-state index in [4.69, 9.17) is 4.74 Å². The molecule has 1 aromatic carbocycles. The van der Waals surface area contributed by atoms with Gasteiger partial charge in [-0.2, -0.15) is 0 Å². The molecule has 1 heterocycles. The van der Waals surface area contributed by atoms with Crippen molar-refractivity contribution in [3.63, 3.8) is 0 Å². The van der Waals surface area contributed by atoms with Gasteiger partial charge in [0.15, 0.2) is 6.61 Å². The first-order chi connectivity index (χ1) is 14.3. The summed E-state index contributed by atoms with van der Waals surface area (Å²) < 4.78 is 5.08. The van der Waals surface area contributed by atoms with Gasteiger partial charge in [-0.3, -0.25) is 19.3 Å². The van der Waals surface area contributed by atoms with Crippen LogP contribution in [0.2, 0.25) is 0 Å². The van der Waals surface area contributed by atoms with Crippen molar-refractivity contribution in [2.45, 2.75) is 59.0 Å². The molecule has 1 saturated heterocycles. The fraction of sp³-hybridized carbons (Fsp3) is 0.545. The van der Waals surface area contributed by atoms with Crippen molar-refractivity contribution in [2.75, 3.05) is 19.7 Å². The highest BCUT2D eigenvalue weighted by Gasteiger charge is 2.49. The molecule has 0 aromatic heterocycles. The van der Waals surface area contributed by atoms with Gasteiger partial charge in [0.05, 0.1) is 0 Å². The topological polar surface area (TPSA) is 96.0 Å². The lowest BCUT2D eigenvalue weighted by Crippen LogP contribution is -2.46. The molecule has 0 atom stereocenters. The average molecular weight is 418 g/mol. The quantitative estimate of drug-likeness (QED) is 0.466. The molecule has 0 aliphatic carbocycles. The zero-order valence-corrected chi connectivity index (χ0v) is 18.2.